The Labute approximate surface area is 280 Å². The Morgan fingerprint density at radius 1 is 1.15 bits per heavy atom. The van der Waals surface area contributed by atoms with Crippen molar-refractivity contribution >= 4 is 12.2 Å². The molecule has 4 heterocycles. The molecule has 0 saturated carbocycles. The van der Waals surface area contributed by atoms with Gasteiger partial charge < -0.3 is 41.7 Å². The molecule has 2 saturated heterocycles. The maximum absolute atomic E-state index is 11.9. The number of rotatable bonds is 6. The summed E-state index contributed by atoms with van der Waals surface area (Å²) in [6, 6.07) is 9.15. The number of carbonyl (C=O) groups is 1. The molecule has 4 aliphatic rings. The molecule has 0 radical (unpaired) electrons. The van der Waals surface area contributed by atoms with Crippen LogP contribution in [0, 0.1) is 5.92 Å². The highest BCUT2D eigenvalue weighted by atomic mass is 16.4. The van der Waals surface area contributed by atoms with Crippen LogP contribution in [0.4, 0.5) is 0 Å². The zero-order valence-corrected chi connectivity index (χ0v) is 28.5. The van der Waals surface area contributed by atoms with Crippen molar-refractivity contribution in [1.29, 1.82) is 0 Å². The normalized spacial score (nSPS) is 39.9. The summed E-state index contributed by atoms with van der Waals surface area (Å²) in [6.07, 6.45) is 9.88. The van der Waals surface area contributed by atoms with E-state index in [0.717, 1.165) is 57.9 Å². The Morgan fingerprint density at radius 3 is 2.66 bits per heavy atom. The van der Waals surface area contributed by atoms with Gasteiger partial charge in [-0.3, -0.25) is 10.1 Å². The van der Waals surface area contributed by atoms with E-state index in [0.29, 0.717) is 32.4 Å². The fourth-order valence-corrected chi connectivity index (χ4v) is 8.85. The molecule has 264 valence electrons. The van der Waals surface area contributed by atoms with Crippen LogP contribution in [-0.4, -0.2) is 106 Å². The van der Waals surface area contributed by atoms with Gasteiger partial charge in [0.05, 0.1) is 42.7 Å². The molecule has 0 aromatic heterocycles. The van der Waals surface area contributed by atoms with Crippen molar-refractivity contribution in [3.05, 3.63) is 35.4 Å². The largest absolute Gasteiger partial charge is 0.481 e. The van der Waals surface area contributed by atoms with Crippen molar-refractivity contribution in [2.75, 3.05) is 19.8 Å². The first-order chi connectivity index (χ1) is 22.4. The van der Waals surface area contributed by atoms with E-state index < -0.39 is 23.8 Å². The van der Waals surface area contributed by atoms with Gasteiger partial charge in [-0.1, -0.05) is 49.9 Å². The Morgan fingerprint density at radius 2 is 1.91 bits per heavy atom. The van der Waals surface area contributed by atoms with E-state index >= 15 is 0 Å². The lowest BCUT2D eigenvalue weighted by Gasteiger charge is -2.44. The summed E-state index contributed by atoms with van der Waals surface area (Å²) in [6.45, 7) is 5.95. The molecular formula is C36H61N6O5+. The van der Waals surface area contributed by atoms with Crippen molar-refractivity contribution in [2.45, 2.75) is 151 Å². The summed E-state index contributed by atoms with van der Waals surface area (Å²) in [5, 5.41) is 54.4. The van der Waals surface area contributed by atoms with Crippen LogP contribution in [0.2, 0.25) is 0 Å². The molecule has 11 atom stereocenters. The quantitative estimate of drug-likeness (QED) is 0.211. The number of fused-ring (bicyclic) bond motifs is 4. The van der Waals surface area contributed by atoms with E-state index in [2.05, 4.69) is 52.1 Å². The summed E-state index contributed by atoms with van der Waals surface area (Å²) in [4.78, 5) is 17.5. The van der Waals surface area contributed by atoms with Crippen LogP contribution in [0.1, 0.15) is 95.6 Å². The number of nitrogens with two attached hydrogens (primary N) is 1. The van der Waals surface area contributed by atoms with Gasteiger partial charge in [-0.15, -0.1) is 0 Å². The van der Waals surface area contributed by atoms with Crippen molar-refractivity contribution in [2.24, 2.45) is 16.6 Å². The zero-order valence-electron chi connectivity index (χ0n) is 28.5. The molecule has 0 aliphatic carbocycles. The lowest BCUT2D eigenvalue weighted by atomic mass is 9.80. The first kappa shape index (κ1) is 36.3. The molecule has 11 nitrogen and oxygen atoms in total. The van der Waals surface area contributed by atoms with Gasteiger partial charge in [0.1, 0.15) is 12.6 Å². The zero-order chi connectivity index (χ0) is 33.6. The number of hydrogen-bond acceptors (Lipinski definition) is 9. The summed E-state index contributed by atoms with van der Waals surface area (Å²) >= 11 is 0. The smallest absolute Gasteiger partial charge is 0.306 e. The minimum Gasteiger partial charge on any atom is -0.481 e. The number of aliphatic hydroxyl groups excluding tert-OH is 2. The van der Waals surface area contributed by atoms with E-state index in [1.165, 1.54) is 16.0 Å². The Balaban J connectivity index is 1.34. The number of benzene rings is 1. The lowest BCUT2D eigenvalue weighted by Crippen LogP contribution is -3.16. The van der Waals surface area contributed by atoms with E-state index in [1.54, 1.807) is 0 Å². The highest BCUT2D eigenvalue weighted by molar-refractivity contribution is 5.68. The number of carboxylic acids is 1. The Kier molecular flexibility index (Phi) is 12.5. The second-order valence-corrected chi connectivity index (χ2v) is 15.7. The van der Waals surface area contributed by atoms with Crippen molar-refractivity contribution < 1.29 is 30.1 Å². The summed E-state index contributed by atoms with van der Waals surface area (Å²) < 4.78 is 0. The number of nitrogens with one attached hydrogen (secondary N) is 4. The molecule has 1 aromatic rings. The molecule has 1 unspecified atom stereocenters. The van der Waals surface area contributed by atoms with Crippen LogP contribution in [0.25, 0.3) is 0 Å². The van der Waals surface area contributed by atoms with Gasteiger partial charge in [0.2, 0.25) is 0 Å². The summed E-state index contributed by atoms with van der Waals surface area (Å²) in [5.41, 5.74) is 7.30. The number of aliphatic hydroxyl groups is 3. The number of quaternary nitrogens is 1. The van der Waals surface area contributed by atoms with Gasteiger partial charge in [0.15, 0.2) is 6.67 Å². The van der Waals surface area contributed by atoms with Crippen molar-refractivity contribution in [1.82, 2.24) is 16.0 Å². The third kappa shape index (κ3) is 10.3. The van der Waals surface area contributed by atoms with Gasteiger partial charge in [-0.05, 0) is 75.8 Å². The van der Waals surface area contributed by atoms with Crippen LogP contribution in [0.15, 0.2) is 29.3 Å². The standard InChI is InChI=1S/C36H60N6O5/c1-24-31(43)18-30(42-13-12-38-23-42)29(40-24)17-32(44)27-10-5-3-4-6-11-36(47,21-34(45)46)22-39-35(2)19-28(41-33(37)20-35)16-26-9-7-8-25(14-26)15-27/h7-9,12,14,24,27-33,39-41,43-44,47H,3-6,10-11,13,15-23,37H2,1-2H3,(H,45,46)/p+1/t24-,27-,28-,29+,30-,31+,32-,33-,35-,36+/m0/s1. The minimum absolute atomic E-state index is 0.0216. The number of aliphatic imine (C=N–C) groups is 1. The molecular weight excluding hydrogens is 596 g/mol. The van der Waals surface area contributed by atoms with Crippen molar-refractivity contribution in [3.8, 4) is 0 Å². The number of β-amino-alcohol motifs (C(OH)–C–C–N with tert-alkyl or cyclic N) is 1. The molecule has 0 spiro atoms. The molecule has 1 aromatic carbocycles. The SMILES string of the molecule is C[C@@H]1N[C@H](C[C@H](O)[C@H]2CCCCCC[C@@](O)(CC(=O)O)CN[C@@]3(C)C[C@H](Cc4cccc(c4)C2)N[C@H](N)C3)[C@@H]([NH+]2CC=NC2)C[C@H]1O. The molecule has 11 heteroatoms. The van der Waals surface area contributed by atoms with Gasteiger partial charge in [0, 0.05) is 30.6 Å². The van der Waals surface area contributed by atoms with Gasteiger partial charge in [-0.2, -0.15) is 0 Å². The van der Waals surface area contributed by atoms with Crippen LogP contribution in [-0.2, 0) is 17.6 Å². The van der Waals surface area contributed by atoms with E-state index in [-0.39, 0.29) is 54.8 Å². The maximum atomic E-state index is 11.9. The van der Waals surface area contributed by atoms with Gasteiger partial charge in [-0.25, -0.2) is 4.99 Å². The van der Waals surface area contributed by atoms with Crippen LogP contribution >= 0.6 is 0 Å². The molecule has 4 aliphatic heterocycles. The number of nitrogens with zero attached hydrogens (tertiary/aromatic N) is 1. The summed E-state index contributed by atoms with van der Waals surface area (Å²) in [7, 11) is 0. The Bertz CT molecular complexity index is 1200. The second-order valence-electron chi connectivity index (χ2n) is 15.7. The molecule has 2 fully saturated rings. The third-order valence-electron chi connectivity index (χ3n) is 11.5. The van der Waals surface area contributed by atoms with Crippen LogP contribution in [0.5, 0.6) is 0 Å². The molecule has 4 bridgehead atoms. The highest BCUT2D eigenvalue weighted by Gasteiger charge is 2.42. The first-order valence-electron chi connectivity index (χ1n) is 18.1. The van der Waals surface area contributed by atoms with Crippen molar-refractivity contribution in [3.63, 3.8) is 0 Å². The monoisotopic (exact) mass is 657 g/mol. The summed E-state index contributed by atoms with van der Waals surface area (Å²) in [5.74, 6) is -0.910. The molecule has 0 amide bonds. The Hall–Kier alpha value is -1.96. The lowest BCUT2D eigenvalue weighted by molar-refractivity contribution is -0.914. The predicted octanol–water partition coefficient (Wildman–Crippen LogP) is 0.491. The highest BCUT2D eigenvalue weighted by Crippen LogP contribution is 2.30. The minimum atomic E-state index is -1.32. The predicted molar refractivity (Wildman–Crippen MR) is 183 cm³/mol. The number of piperidine rings is 2. The van der Waals surface area contributed by atoms with Crippen LogP contribution in [0.3, 0.4) is 0 Å². The number of carboxylic acid groups (broad SMARTS) is 1. The number of hydrogen-bond donors (Lipinski definition) is 9. The maximum Gasteiger partial charge on any atom is 0.306 e. The van der Waals surface area contributed by atoms with E-state index in [1.807, 2.05) is 13.1 Å². The average molecular weight is 658 g/mol. The topological polar surface area (TPSA) is 177 Å². The molecule has 10 N–H and O–H groups in total. The van der Waals surface area contributed by atoms with Crippen LogP contribution < -0.4 is 26.6 Å². The van der Waals surface area contributed by atoms with E-state index in [9.17, 15) is 25.2 Å². The average Bonchev–Trinajstić information content (AvgIpc) is 3.53. The van der Waals surface area contributed by atoms with Gasteiger partial charge >= 0.3 is 5.97 Å². The van der Waals surface area contributed by atoms with E-state index in [4.69, 9.17) is 5.73 Å². The third-order valence-corrected chi connectivity index (χ3v) is 11.5. The first-order valence-corrected chi connectivity index (χ1v) is 18.1. The second kappa shape index (κ2) is 16.2. The fraction of sp³-hybridized carbons (Fsp3) is 0.778. The number of aliphatic carboxylic acids is 1. The fourth-order valence-electron chi connectivity index (χ4n) is 8.85. The molecule has 5 rings (SSSR count). The van der Waals surface area contributed by atoms with Gasteiger partial charge in [0.25, 0.3) is 0 Å². The molecule has 47 heavy (non-hydrogen) atoms.